The first-order valence-corrected chi connectivity index (χ1v) is 6.31. The summed E-state index contributed by atoms with van der Waals surface area (Å²) in [5, 5.41) is 12.4. The van der Waals surface area contributed by atoms with Gasteiger partial charge in [0.1, 0.15) is 0 Å². The summed E-state index contributed by atoms with van der Waals surface area (Å²) in [7, 11) is 0. The molecular weight excluding hydrogens is 277 g/mol. The second kappa shape index (κ2) is 5.82. The highest BCUT2D eigenvalue weighted by atomic mass is 19.4. The lowest BCUT2D eigenvalue weighted by Crippen LogP contribution is -2.40. The van der Waals surface area contributed by atoms with Crippen molar-refractivity contribution < 1.29 is 27.6 Å². The Morgan fingerprint density at radius 2 is 2.10 bits per heavy atom. The van der Waals surface area contributed by atoms with Crippen LogP contribution in [0.2, 0.25) is 0 Å². The van der Waals surface area contributed by atoms with E-state index in [4.69, 9.17) is 5.11 Å². The molecule has 1 aromatic rings. The van der Waals surface area contributed by atoms with Gasteiger partial charge in [0.2, 0.25) is 5.76 Å². The number of piperidine rings is 1. The number of aromatic carboxylic acids is 1. The lowest BCUT2D eigenvalue weighted by Gasteiger charge is -2.31. The number of hydrogen-bond donors (Lipinski definition) is 1. The molecule has 1 N–H and O–H groups in total. The zero-order valence-electron chi connectivity index (χ0n) is 10.7. The first-order chi connectivity index (χ1) is 9.33. The van der Waals surface area contributed by atoms with Gasteiger partial charge in [0.25, 0.3) is 0 Å². The predicted octanol–water partition coefficient (Wildman–Crippen LogP) is 2.19. The molecular formula is C12H15F3N2O3. The maximum atomic E-state index is 12.2. The molecule has 5 nitrogen and oxygen atoms in total. The van der Waals surface area contributed by atoms with Gasteiger partial charge in [-0.25, -0.2) is 4.79 Å². The van der Waals surface area contributed by atoms with Crippen molar-refractivity contribution in [3.05, 3.63) is 17.5 Å². The Hall–Kier alpha value is -1.57. The molecule has 1 saturated heterocycles. The first-order valence-electron chi connectivity index (χ1n) is 6.31. The Bertz CT molecular complexity index is 465. The largest absolute Gasteiger partial charge is 0.475 e. The molecule has 0 amide bonds. The molecule has 20 heavy (non-hydrogen) atoms. The molecule has 0 atom stereocenters. The van der Waals surface area contributed by atoms with Crippen LogP contribution in [0.1, 0.15) is 29.1 Å². The SMILES string of the molecule is O=C(O)c1cc(CC2CCN(CC(F)(F)F)CC2)no1. The van der Waals surface area contributed by atoms with Gasteiger partial charge in [-0.15, -0.1) is 0 Å². The summed E-state index contributed by atoms with van der Waals surface area (Å²) in [4.78, 5) is 12.0. The molecule has 2 heterocycles. The number of carboxylic acid groups (broad SMARTS) is 1. The summed E-state index contributed by atoms with van der Waals surface area (Å²) in [6.45, 7) is -0.0749. The van der Waals surface area contributed by atoms with Gasteiger partial charge in [0.05, 0.1) is 12.2 Å². The van der Waals surface area contributed by atoms with Crippen LogP contribution in [-0.2, 0) is 6.42 Å². The first kappa shape index (κ1) is 14.8. The van der Waals surface area contributed by atoms with E-state index < -0.39 is 18.7 Å². The van der Waals surface area contributed by atoms with Crippen LogP contribution in [0.4, 0.5) is 13.2 Å². The number of aromatic nitrogens is 1. The van der Waals surface area contributed by atoms with Gasteiger partial charge < -0.3 is 9.63 Å². The van der Waals surface area contributed by atoms with Crippen LogP contribution in [0.3, 0.4) is 0 Å². The van der Waals surface area contributed by atoms with Crippen molar-refractivity contribution >= 4 is 5.97 Å². The zero-order valence-corrected chi connectivity index (χ0v) is 10.7. The minimum absolute atomic E-state index is 0.213. The maximum Gasteiger partial charge on any atom is 0.401 e. The van der Waals surface area contributed by atoms with E-state index in [0.29, 0.717) is 38.0 Å². The lowest BCUT2D eigenvalue weighted by atomic mass is 9.92. The second-order valence-corrected chi connectivity index (χ2v) is 5.03. The molecule has 0 spiro atoms. The Morgan fingerprint density at radius 3 is 2.60 bits per heavy atom. The number of likely N-dealkylation sites (tertiary alicyclic amines) is 1. The van der Waals surface area contributed by atoms with E-state index in [1.807, 2.05) is 0 Å². The molecule has 0 bridgehead atoms. The minimum Gasteiger partial charge on any atom is -0.475 e. The summed E-state index contributed by atoms with van der Waals surface area (Å²) in [6, 6.07) is 1.37. The van der Waals surface area contributed by atoms with Crippen molar-refractivity contribution in [3.63, 3.8) is 0 Å². The van der Waals surface area contributed by atoms with Crippen LogP contribution in [0.5, 0.6) is 0 Å². The topological polar surface area (TPSA) is 66.6 Å². The van der Waals surface area contributed by atoms with E-state index in [2.05, 4.69) is 9.68 Å². The number of carboxylic acids is 1. The van der Waals surface area contributed by atoms with E-state index in [-0.39, 0.29) is 11.7 Å². The zero-order chi connectivity index (χ0) is 14.8. The fourth-order valence-electron chi connectivity index (χ4n) is 2.41. The number of hydrogen-bond acceptors (Lipinski definition) is 4. The lowest BCUT2D eigenvalue weighted by molar-refractivity contribution is -0.148. The van der Waals surface area contributed by atoms with E-state index in [0.717, 1.165) is 0 Å². The number of carbonyl (C=O) groups is 1. The monoisotopic (exact) mass is 292 g/mol. The van der Waals surface area contributed by atoms with Gasteiger partial charge in [-0.1, -0.05) is 5.16 Å². The molecule has 1 aliphatic rings. The summed E-state index contributed by atoms with van der Waals surface area (Å²) in [6.07, 6.45) is -2.33. The normalized spacial score (nSPS) is 18.4. The van der Waals surface area contributed by atoms with Crippen molar-refractivity contribution in [1.29, 1.82) is 0 Å². The van der Waals surface area contributed by atoms with Gasteiger partial charge in [-0.3, -0.25) is 4.90 Å². The maximum absolute atomic E-state index is 12.2. The molecule has 1 aliphatic heterocycles. The highest BCUT2D eigenvalue weighted by Gasteiger charge is 2.32. The Balaban J connectivity index is 1.80. The highest BCUT2D eigenvalue weighted by molar-refractivity contribution is 5.84. The fourth-order valence-corrected chi connectivity index (χ4v) is 2.41. The third-order valence-electron chi connectivity index (χ3n) is 3.38. The smallest absolute Gasteiger partial charge is 0.401 e. The van der Waals surface area contributed by atoms with Gasteiger partial charge in [-0.05, 0) is 38.3 Å². The van der Waals surface area contributed by atoms with Crippen molar-refractivity contribution in [3.8, 4) is 0 Å². The van der Waals surface area contributed by atoms with Crippen LogP contribution < -0.4 is 0 Å². The van der Waals surface area contributed by atoms with Gasteiger partial charge >= 0.3 is 12.1 Å². The van der Waals surface area contributed by atoms with E-state index in [1.165, 1.54) is 11.0 Å². The average Bonchev–Trinajstić information content (AvgIpc) is 2.78. The minimum atomic E-state index is -4.16. The van der Waals surface area contributed by atoms with Crippen LogP contribution in [0.25, 0.3) is 0 Å². The van der Waals surface area contributed by atoms with Crippen LogP contribution >= 0.6 is 0 Å². The Kier molecular flexibility index (Phi) is 4.32. The molecule has 0 aliphatic carbocycles. The highest BCUT2D eigenvalue weighted by Crippen LogP contribution is 2.24. The van der Waals surface area contributed by atoms with Crippen molar-refractivity contribution in [2.24, 2.45) is 5.92 Å². The van der Waals surface area contributed by atoms with Crippen molar-refractivity contribution in [1.82, 2.24) is 10.1 Å². The van der Waals surface area contributed by atoms with Gasteiger partial charge in [0, 0.05) is 6.07 Å². The Labute approximate surface area is 113 Å². The number of rotatable bonds is 4. The van der Waals surface area contributed by atoms with Crippen LogP contribution in [-0.4, -0.2) is 46.9 Å². The van der Waals surface area contributed by atoms with Crippen LogP contribution in [0.15, 0.2) is 10.6 Å². The summed E-state index contributed by atoms with van der Waals surface area (Å²) in [5.74, 6) is -1.18. The molecule has 2 rings (SSSR count). The summed E-state index contributed by atoms with van der Waals surface area (Å²) >= 11 is 0. The fraction of sp³-hybridized carbons (Fsp3) is 0.667. The molecule has 1 fully saturated rings. The van der Waals surface area contributed by atoms with E-state index in [9.17, 15) is 18.0 Å². The van der Waals surface area contributed by atoms with Gasteiger partial charge in [-0.2, -0.15) is 13.2 Å². The van der Waals surface area contributed by atoms with Crippen LogP contribution in [0, 0.1) is 5.92 Å². The van der Waals surface area contributed by atoms with E-state index in [1.54, 1.807) is 0 Å². The molecule has 0 unspecified atom stereocenters. The predicted molar refractivity (Wildman–Crippen MR) is 62.4 cm³/mol. The molecule has 0 radical (unpaired) electrons. The Morgan fingerprint density at radius 1 is 1.45 bits per heavy atom. The molecule has 0 saturated carbocycles. The quantitative estimate of drug-likeness (QED) is 0.921. The third-order valence-corrected chi connectivity index (χ3v) is 3.38. The standard InChI is InChI=1S/C12H15F3N2O3/c13-12(14,15)7-17-3-1-8(2-4-17)5-9-6-10(11(18)19)20-16-9/h6,8H,1-5,7H2,(H,18,19). The van der Waals surface area contributed by atoms with Crippen molar-refractivity contribution in [2.75, 3.05) is 19.6 Å². The molecule has 8 heteroatoms. The number of nitrogens with zero attached hydrogens (tertiary/aromatic N) is 2. The number of alkyl halides is 3. The third kappa shape index (κ3) is 4.22. The summed E-state index contributed by atoms with van der Waals surface area (Å²) in [5.41, 5.74) is 0.539. The summed E-state index contributed by atoms with van der Waals surface area (Å²) < 4.78 is 41.4. The molecule has 0 aromatic carbocycles. The molecule has 1 aromatic heterocycles. The second-order valence-electron chi connectivity index (χ2n) is 5.03. The van der Waals surface area contributed by atoms with E-state index >= 15 is 0 Å². The molecule has 112 valence electrons. The average molecular weight is 292 g/mol. The van der Waals surface area contributed by atoms with Gasteiger partial charge in [0.15, 0.2) is 0 Å². The van der Waals surface area contributed by atoms with Crippen molar-refractivity contribution in [2.45, 2.75) is 25.4 Å². The number of halogens is 3.